The molecule has 2 aromatic heterocycles. The van der Waals surface area contributed by atoms with Crippen molar-refractivity contribution in [2.45, 2.75) is 44.6 Å². The second-order valence-electron chi connectivity index (χ2n) is 6.42. The highest BCUT2D eigenvalue weighted by Gasteiger charge is 2.39. The minimum atomic E-state index is 0.672. The van der Waals surface area contributed by atoms with Crippen molar-refractivity contribution in [2.75, 3.05) is 11.9 Å². The highest BCUT2D eigenvalue weighted by Crippen LogP contribution is 2.43. The number of aromatic nitrogens is 3. The normalized spacial score (nSPS) is 29.6. The Bertz CT molecular complexity index is 583. The van der Waals surface area contributed by atoms with E-state index < -0.39 is 0 Å². The van der Waals surface area contributed by atoms with E-state index in [9.17, 15) is 0 Å². The van der Waals surface area contributed by atoms with Gasteiger partial charge in [0.05, 0.1) is 5.39 Å². The van der Waals surface area contributed by atoms with Crippen molar-refractivity contribution >= 4 is 16.9 Å². The number of aromatic amines is 1. The van der Waals surface area contributed by atoms with E-state index in [0.717, 1.165) is 28.7 Å². The number of rotatable bonds is 2. The van der Waals surface area contributed by atoms with Gasteiger partial charge in [0.15, 0.2) is 0 Å². The van der Waals surface area contributed by atoms with Gasteiger partial charge in [0, 0.05) is 19.3 Å². The maximum absolute atomic E-state index is 4.58. The fraction of sp³-hybridized carbons (Fsp3) is 0.625. The first-order chi connectivity index (χ1) is 9.84. The summed E-state index contributed by atoms with van der Waals surface area (Å²) in [7, 11) is 2.23. The lowest BCUT2D eigenvalue weighted by molar-refractivity contribution is 0.148. The van der Waals surface area contributed by atoms with E-state index in [1.165, 1.54) is 38.5 Å². The summed E-state index contributed by atoms with van der Waals surface area (Å²) in [6.45, 7) is 0. The zero-order valence-electron chi connectivity index (χ0n) is 12.0. The maximum atomic E-state index is 4.58. The van der Waals surface area contributed by atoms with Crippen LogP contribution in [-0.2, 0) is 0 Å². The highest BCUT2D eigenvalue weighted by molar-refractivity contribution is 5.87. The van der Waals surface area contributed by atoms with Crippen LogP contribution in [0.5, 0.6) is 0 Å². The van der Waals surface area contributed by atoms with E-state index in [4.69, 9.17) is 0 Å². The third-order valence-corrected chi connectivity index (χ3v) is 5.38. The average molecular weight is 270 g/mol. The van der Waals surface area contributed by atoms with Gasteiger partial charge in [0.1, 0.15) is 17.8 Å². The zero-order valence-corrected chi connectivity index (χ0v) is 12.0. The van der Waals surface area contributed by atoms with E-state index in [1.54, 1.807) is 6.33 Å². The zero-order chi connectivity index (χ0) is 13.5. The number of fused-ring (bicyclic) bond motifs is 3. The molecular weight excluding hydrogens is 248 g/mol. The molecule has 0 saturated heterocycles. The predicted octanol–water partition coefficient (Wildman–Crippen LogP) is 3.36. The van der Waals surface area contributed by atoms with Gasteiger partial charge in [-0.15, -0.1) is 0 Å². The summed E-state index contributed by atoms with van der Waals surface area (Å²) < 4.78 is 0. The van der Waals surface area contributed by atoms with Crippen molar-refractivity contribution in [3.63, 3.8) is 0 Å². The Morgan fingerprint density at radius 2 is 1.80 bits per heavy atom. The molecule has 106 valence electrons. The van der Waals surface area contributed by atoms with Crippen LogP contribution in [0.3, 0.4) is 0 Å². The molecule has 0 spiro atoms. The van der Waals surface area contributed by atoms with Gasteiger partial charge in [-0.2, -0.15) is 0 Å². The van der Waals surface area contributed by atoms with Crippen LogP contribution in [0.25, 0.3) is 11.0 Å². The minimum Gasteiger partial charge on any atom is -0.355 e. The van der Waals surface area contributed by atoms with Crippen molar-refractivity contribution in [3.8, 4) is 0 Å². The molecule has 4 nitrogen and oxygen atoms in total. The van der Waals surface area contributed by atoms with Crippen LogP contribution in [-0.4, -0.2) is 28.0 Å². The minimum absolute atomic E-state index is 0.672. The molecule has 0 amide bonds. The number of anilines is 1. The quantitative estimate of drug-likeness (QED) is 0.910. The molecule has 4 heteroatoms. The van der Waals surface area contributed by atoms with Crippen molar-refractivity contribution in [1.82, 2.24) is 15.0 Å². The van der Waals surface area contributed by atoms with Crippen LogP contribution >= 0.6 is 0 Å². The predicted molar refractivity (Wildman–Crippen MR) is 80.8 cm³/mol. The number of hydrogen-bond acceptors (Lipinski definition) is 3. The van der Waals surface area contributed by atoms with E-state index in [-0.39, 0.29) is 0 Å². The monoisotopic (exact) mass is 270 g/mol. The lowest BCUT2D eigenvalue weighted by Crippen LogP contribution is -2.48. The molecule has 2 heterocycles. The Morgan fingerprint density at radius 3 is 2.50 bits per heavy atom. The summed E-state index contributed by atoms with van der Waals surface area (Å²) in [4.78, 5) is 14.5. The summed E-state index contributed by atoms with van der Waals surface area (Å²) in [5.74, 6) is 2.81. The topological polar surface area (TPSA) is 44.8 Å². The lowest BCUT2D eigenvalue weighted by Gasteiger charge is -2.47. The lowest BCUT2D eigenvalue weighted by atomic mass is 9.68. The number of hydrogen-bond donors (Lipinski definition) is 1. The smallest absolute Gasteiger partial charge is 0.142 e. The largest absolute Gasteiger partial charge is 0.355 e. The van der Waals surface area contributed by atoms with Crippen LogP contribution in [0.1, 0.15) is 38.5 Å². The van der Waals surface area contributed by atoms with E-state index in [1.807, 2.05) is 6.20 Å². The molecule has 2 aromatic rings. The van der Waals surface area contributed by atoms with Crippen molar-refractivity contribution in [3.05, 3.63) is 18.6 Å². The highest BCUT2D eigenvalue weighted by atomic mass is 15.2. The van der Waals surface area contributed by atoms with Gasteiger partial charge in [-0.3, -0.25) is 0 Å². The van der Waals surface area contributed by atoms with Crippen LogP contribution in [0.15, 0.2) is 18.6 Å². The van der Waals surface area contributed by atoms with Gasteiger partial charge in [-0.1, -0.05) is 12.8 Å². The van der Waals surface area contributed by atoms with Crippen LogP contribution in [0.4, 0.5) is 5.82 Å². The first kappa shape index (κ1) is 12.2. The van der Waals surface area contributed by atoms with E-state index in [2.05, 4.69) is 33.0 Å². The van der Waals surface area contributed by atoms with Crippen LogP contribution < -0.4 is 4.90 Å². The maximum Gasteiger partial charge on any atom is 0.142 e. The molecule has 0 aromatic carbocycles. The Hall–Kier alpha value is -1.58. The van der Waals surface area contributed by atoms with Gasteiger partial charge in [-0.25, -0.2) is 9.97 Å². The van der Waals surface area contributed by atoms with Crippen molar-refractivity contribution < 1.29 is 0 Å². The summed E-state index contributed by atoms with van der Waals surface area (Å²) in [6, 6.07) is 2.77. The molecular formula is C16H22N4. The first-order valence-electron chi connectivity index (χ1n) is 7.85. The molecule has 2 bridgehead atoms. The standard InChI is InChI=1S/C16H22N4/c1-20(14-11-4-2-5-12(14)7-3-6-11)16-13-8-9-17-15(13)18-10-19-16/h8-12,14H,2-7H2,1H3,(H,17,18,19). The summed E-state index contributed by atoms with van der Waals surface area (Å²) in [5.41, 5.74) is 0.947. The van der Waals surface area contributed by atoms with Gasteiger partial charge >= 0.3 is 0 Å². The molecule has 0 aliphatic heterocycles. The fourth-order valence-electron chi connectivity index (χ4n) is 4.55. The second-order valence-corrected chi connectivity index (χ2v) is 6.42. The number of nitrogens with one attached hydrogen (secondary N) is 1. The van der Waals surface area contributed by atoms with Crippen molar-refractivity contribution in [1.29, 1.82) is 0 Å². The summed E-state index contributed by atoms with van der Waals surface area (Å²) in [6.07, 6.45) is 12.1. The Balaban J connectivity index is 1.72. The molecule has 4 rings (SSSR count). The first-order valence-corrected chi connectivity index (χ1v) is 7.85. The van der Waals surface area contributed by atoms with Gasteiger partial charge < -0.3 is 9.88 Å². The Kier molecular flexibility index (Phi) is 2.90. The van der Waals surface area contributed by atoms with Crippen LogP contribution in [0, 0.1) is 11.8 Å². The summed E-state index contributed by atoms with van der Waals surface area (Å²) >= 11 is 0. The average Bonchev–Trinajstić information content (AvgIpc) is 2.94. The number of H-pyrrole nitrogens is 1. The SMILES string of the molecule is CN(c1ncnc2[nH]ccc12)C1C2CCCC1CCC2. The molecule has 1 N–H and O–H groups in total. The molecule has 0 unspecified atom stereocenters. The fourth-order valence-corrected chi connectivity index (χ4v) is 4.55. The Morgan fingerprint density at radius 1 is 1.10 bits per heavy atom. The third-order valence-electron chi connectivity index (χ3n) is 5.38. The molecule has 20 heavy (non-hydrogen) atoms. The van der Waals surface area contributed by atoms with E-state index in [0.29, 0.717) is 6.04 Å². The van der Waals surface area contributed by atoms with Gasteiger partial charge in [0.2, 0.25) is 0 Å². The summed E-state index contributed by atoms with van der Waals surface area (Å²) in [5, 5.41) is 1.15. The van der Waals surface area contributed by atoms with Gasteiger partial charge in [0.25, 0.3) is 0 Å². The number of nitrogens with zero attached hydrogens (tertiary/aromatic N) is 3. The third kappa shape index (κ3) is 1.81. The Labute approximate surface area is 119 Å². The molecule has 2 saturated carbocycles. The molecule has 2 fully saturated rings. The van der Waals surface area contributed by atoms with Gasteiger partial charge in [-0.05, 0) is 43.6 Å². The van der Waals surface area contributed by atoms with Crippen molar-refractivity contribution in [2.24, 2.45) is 11.8 Å². The van der Waals surface area contributed by atoms with Crippen LogP contribution in [0.2, 0.25) is 0 Å². The van der Waals surface area contributed by atoms with E-state index >= 15 is 0 Å². The molecule has 2 aliphatic carbocycles. The molecule has 2 aliphatic rings. The molecule has 0 atom stereocenters. The second kappa shape index (κ2) is 4.76. The molecule has 0 radical (unpaired) electrons.